The van der Waals surface area contributed by atoms with Gasteiger partial charge >= 0.3 is 0 Å². The van der Waals surface area contributed by atoms with Gasteiger partial charge in [0.05, 0.1) is 9.83 Å². The number of amides is 1. The van der Waals surface area contributed by atoms with E-state index in [0.29, 0.717) is 12.6 Å². The molecular weight excluding hydrogens is 348 g/mol. The van der Waals surface area contributed by atoms with Crippen LogP contribution in [0.3, 0.4) is 0 Å². The molecule has 1 aromatic rings. The van der Waals surface area contributed by atoms with Crippen molar-refractivity contribution in [1.82, 2.24) is 10.2 Å². The number of nitrogens with one attached hydrogen (secondary N) is 1. The third-order valence-corrected chi connectivity index (χ3v) is 6.42. The lowest BCUT2D eigenvalue weighted by Gasteiger charge is -2.40. The van der Waals surface area contributed by atoms with Crippen molar-refractivity contribution in [3.05, 3.63) is 20.8 Å². The van der Waals surface area contributed by atoms with E-state index in [1.54, 1.807) is 11.3 Å². The molecule has 1 saturated carbocycles. The summed E-state index contributed by atoms with van der Waals surface area (Å²) in [6, 6.07) is 2.70. The molecule has 1 N–H and O–H groups in total. The fourth-order valence-corrected chi connectivity index (χ4v) is 4.94. The van der Waals surface area contributed by atoms with Gasteiger partial charge in [0.15, 0.2) is 0 Å². The van der Waals surface area contributed by atoms with Gasteiger partial charge in [0, 0.05) is 19.6 Å². The van der Waals surface area contributed by atoms with Crippen LogP contribution in [-0.2, 0) is 11.3 Å². The molecule has 5 heteroatoms. The highest BCUT2D eigenvalue weighted by Gasteiger charge is 2.35. The Hall–Kier alpha value is -0.390. The maximum Gasteiger partial charge on any atom is 0.239 e. The van der Waals surface area contributed by atoms with Gasteiger partial charge in [-0.1, -0.05) is 12.8 Å². The van der Waals surface area contributed by atoms with Crippen LogP contribution < -0.4 is 5.32 Å². The van der Waals surface area contributed by atoms with Crippen LogP contribution in [0.15, 0.2) is 15.2 Å². The molecule has 116 valence electrons. The van der Waals surface area contributed by atoms with Crippen molar-refractivity contribution < 1.29 is 4.79 Å². The van der Waals surface area contributed by atoms with Gasteiger partial charge in [-0.2, -0.15) is 0 Å². The second-order valence-electron chi connectivity index (χ2n) is 6.40. The molecule has 3 rings (SSSR count). The fraction of sp³-hybridized carbons (Fsp3) is 0.688. The molecule has 2 fully saturated rings. The number of piperidine rings is 1. The van der Waals surface area contributed by atoms with Crippen LogP contribution in [0.2, 0.25) is 0 Å². The van der Waals surface area contributed by atoms with E-state index >= 15 is 0 Å². The number of likely N-dealkylation sites (N-methyl/N-ethyl adjacent to an activating group) is 1. The number of carbonyl (C=O) groups is 1. The standard InChI is InChI=1S/C16H23BrN2OS/c1-19(9-11-8-15(17)21-10-11)16(20)14-7-6-12-4-2-3-5-13(12)18-14/h8,10,12-14,18H,2-7,9H2,1H3. The molecule has 0 bridgehead atoms. The smallest absolute Gasteiger partial charge is 0.239 e. The third kappa shape index (κ3) is 3.69. The summed E-state index contributed by atoms with van der Waals surface area (Å²) in [6.45, 7) is 0.702. The Labute approximate surface area is 139 Å². The Morgan fingerprint density at radius 2 is 2.19 bits per heavy atom. The number of rotatable bonds is 3. The highest BCUT2D eigenvalue weighted by Crippen LogP contribution is 2.32. The van der Waals surface area contributed by atoms with Gasteiger partial charge in [-0.25, -0.2) is 0 Å². The van der Waals surface area contributed by atoms with Gasteiger partial charge in [-0.15, -0.1) is 11.3 Å². The van der Waals surface area contributed by atoms with Gasteiger partial charge in [-0.3, -0.25) is 4.79 Å². The predicted molar refractivity (Wildman–Crippen MR) is 90.4 cm³/mol. The molecule has 3 unspecified atom stereocenters. The minimum absolute atomic E-state index is 0.0245. The molecule has 0 radical (unpaired) electrons. The first-order chi connectivity index (χ1) is 10.1. The minimum atomic E-state index is 0.0245. The summed E-state index contributed by atoms with van der Waals surface area (Å²) in [4.78, 5) is 14.5. The average Bonchev–Trinajstić information content (AvgIpc) is 2.91. The highest BCUT2D eigenvalue weighted by molar-refractivity contribution is 9.11. The SMILES string of the molecule is CN(Cc1csc(Br)c1)C(=O)C1CCC2CCCCC2N1. The molecule has 2 aliphatic rings. The number of hydrogen-bond acceptors (Lipinski definition) is 3. The van der Waals surface area contributed by atoms with Crippen molar-refractivity contribution in [3.63, 3.8) is 0 Å². The monoisotopic (exact) mass is 370 g/mol. The van der Waals surface area contributed by atoms with Crippen LogP contribution in [0.25, 0.3) is 0 Å². The summed E-state index contributed by atoms with van der Waals surface area (Å²) >= 11 is 5.15. The van der Waals surface area contributed by atoms with E-state index in [1.807, 2.05) is 11.9 Å². The quantitative estimate of drug-likeness (QED) is 0.877. The largest absolute Gasteiger partial charge is 0.340 e. The Bertz CT molecular complexity index is 504. The number of carbonyl (C=O) groups excluding carboxylic acids is 1. The normalized spacial score (nSPS) is 29.0. The Morgan fingerprint density at radius 1 is 1.38 bits per heavy atom. The molecule has 1 aromatic heterocycles. The lowest BCUT2D eigenvalue weighted by molar-refractivity contribution is -0.134. The van der Waals surface area contributed by atoms with Gasteiger partial charge < -0.3 is 10.2 Å². The molecule has 0 aromatic carbocycles. The second kappa shape index (κ2) is 6.80. The van der Waals surface area contributed by atoms with Crippen molar-refractivity contribution in [3.8, 4) is 0 Å². The first-order valence-corrected chi connectivity index (χ1v) is 9.54. The van der Waals surface area contributed by atoms with E-state index in [0.717, 1.165) is 16.1 Å². The van der Waals surface area contributed by atoms with Crippen molar-refractivity contribution in [2.45, 2.75) is 57.2 Å². The van der Waals surface area contributed by atoms with E-state index in [1.165, 1.54) is 37.7 Å². The number of hydrogen-bond donors (Lipinski definition) is 1. The zero-order valence-corrected chi connectivity index (χ0v) is 14.9. The van der Waals surface area contributed by atoms with Crippen molar-refractivity contribution >= 4 is 33.2 Å². The zero-order valence-electron chi connectivity index (χ0n) is 12.5. The summed E-state index contributed by atoms with van der Waals surface area (Å²) in [5.41, 5.74) is 1.20. The summed E-state index contributed by atoms with van der Waals surface area (Å²) in [5.74, 6) is 1.06. The second-order valence-corrected chi connectivity index (χ2v) is 8.69. The maximum atomic E-state index is 12.6. The lowest BCUT2D eigenvalue weighted by Crippen LogP contribution is -2.55. The number of thiophene rings is 1. The molecule has 1 aliphatic carbocycles. The number of halogens is 1. The Kier molecular flexibility index (Phi) is 5.02. The van der Waals surface area contributed by atoms with Crippen LogP contribution in [-0.4, -0.2) is 29.9 Å². The molecule has 0 spiro atoms. The van der Waals surface area contributed by atoms with E-state index in [-0.39, 0.29) is 11.9 Å². The Balaban J connectivity index is 1.57. The van der Waals surface area contributed by atoms with Gasteiger partial charge in [0.25, 0.3) is 0 Å². The minimum Gasteiger partial charge on any atom is -0.340 e. The topological polar surface area (TPSA) is 32.3 Å². The van der Waals surface area contributed by atoms with Crippen molar-refractivity contribution in [1.29, 1.82) is 0 Å². The van der Waals surface area contributed by atoms with E-state index in [2.05, 4.69) is 32.7 Å². The molecule has 1 saturated heterocycles. The summed E-state index contributed by atoms with van der Waals surface area (Å²) in [5, 5.41) is 5.74. The number of nitrogens with zero attached hydrogens (tertiary/aromatic N) is 1. The first-order valence-electron chi connectivity index (χ1n) is 7.87. The van der Waals surface area contributed by atoms with E-state index in [4.69, 9.17) is 0 Å². The predicted octanol–water partition coefficient (Wildman–Crippen LogP) is 3.78. The molecular formula is C16H23BrN2OS. The van der Waals surface area contributed by atoms with Crippen LogP contribution in [0.4, 0.5) is 0 Å². The van der Waals surface area contributed by atoms with Gasteiger partial charge in [0.1, 0.15) is 0 Å². The average molecular weight is 371 g/mol. The molecule has 21 heavy (non-hydrogen) atoms. The Morgan fingerprint density at radius 3 is 2.95 bits per heavy atom. The van der Waals surface area contributed by atoms with E-state index in [9.17, 15) is 4.79 Å². The molecule has 3 nitrogen and oxygen atoms in total. The van der Waals surface area contributed by atoms with Gasteiger partial charge in [-0.05, 0) is 64.5 Å². The van der Waals surface area contributed by atoms with Crippen LogP contribution >= 0.6 is 27.3 Å². The molecule has 3 atom stereocenters. The third-order valence-electron chi connectivity index (χ3n) is 4.87. The van der Waals surface area contributed by atoms with Crippen LogP contribution in [0, 0.1) is 5.92 Å². The molecule has 1 amide bonds. The summed E-state index contributed by atoms with van der Waals surface area (Å²) < 4.78 is 1.12. The highest BCUT2D eigenvalue weighted by atomic mass is 79.9. The zero-order chi connectivity index (χ0) is 14.8. The summed E-state index contributed by atoms with van der Waals surface area (Å²) in [7, 11) is 1.92. The molecule has 2 heterocycles. The van der Waals surface area contributed by atoms with Crippen LogP contribution in [0.1, 0.15) is 44.1 Å². The lowest BCUT2D eigenvalue weighted by atomic mass is 9.77. The van der Waals surface area contributed by atoms with Crippen molar-refractivity contribution in [2.24, 2.45) is 5.92 Å². The maximum absolute atomic E-state index is 12.6. The fourth-order valence-electron chi connectivity index (χ4n) is 3.74. The number of fused-ring (bicyclic) bond motifs is 1. The van der Waals surface area contributed by atoms with Gasteiger partial charge in [0.2, 0.25) is 5.91 Å². The summed E-state index contributed by atoms with van der Waals surface area (Å²) in [6.07, 6.45) is 7.48. The van der Waals surface area contributed by atoms with Crippen molar-refractivity contribution in [2.75, 3.05) is 7.05 Å². The van der Waals surface area contributed by atoms with E-state index < -0.39 is 0 Å². The van der Waals surface area contributed by atoms with Crippen LogP contribution in [0.5, 0.6) is 0 Å². The first kappa shape index (κ1) is 15.5. The molecule has 1 aliphatic heterocycles.